The number of Topliss-reactive ketones (excluding diaryl/α,β-unsaturated/α-hetero) is 1. The van der Waals surface area contributed by atoms with E-state index >= 15 is 0 Å². The minimum absolute atomic E-state index is 0.00997. The topological polar surface area (TPSA) is 67.9 Å². The van der Waals surface area contributed by atoms with Crippen LogP contribution in [0.4, 0.5) is 10.5 Å². The molecule has 1 N–H and O–H groups in total. The lowest BCUT2D eigenvalue weighted by atomic mass is 10.0. The van der Waals surface area contributed by atoms with E-state index in [-0.39, 0.29) is 11.8 Å². The summed E-state index contributed by atoms with van der Waals surface area (Å²) in [5, 5.41) is 2.85. The van der Waals surface area contributed by atoms with Crippen molar-refractivity contribution in [3.8, 4) is 0 Å². The normalized spacial score (nSPS) is 20.1. The Hall–Kier alpha value is -1.92. The number of benzene rings is 1. The summed E-state index contributed by atoms with van der Waals surface area (Å²) in [5.74, 6) is -0.462. The van der Waals surface area contributed by atoms with Crippen molar-refractivity contribution in [2.45, 2.75) is 25.6 Å². The first-order valence-electron chi connectivity index (χ1n) is 7.53. The largest absolute Gasteiger partial charge is 0.347 e. The van der Waals surface area contributed by atoms with Crippen molar-refractivity contribution >= 4 is 17.5 Å². The number of anilines is 1. The van der Waals surface area contributed by atoms with Crippen LogP contribution in [0.25, 0.3) is 0 Å². The van der Waals surface area contributed by atoms with Crippen LogP contribution in [0.2, 0.25) is 0 Å². The molecule has 2 aliphatic rings. The predicted molar refractivity (Wildman–Crippen MR) is 80.9 cm³/mol. The lowest BCUT2D eigenvalue weighted by molar-refractivity contribution is -0.181. The molecule has 1 aromatic carbocycles. The molecule has 0 saturated carbocycles. The molecular weight excluding hydrogens is 284 g/mol. The molecule has 2 fully saturated rings. The highest BCUT2D eigenvalue weighted by Crippen LogP contribution is 2.31. The van der Waals surface area contributed by atoms with Crippen LogP contribution in [0.15, 0.2) is 24.3 Å². The third kappa shape index (κ3) is 3.13. The minimum Gasteiger partial charge on any atom is -0.347 e. The number of carbonyl (C=O) groups excluding carboxylic acids is 2. The lowest BCUT2D eigenvalue weighted by Gasteiger charge is -2.37. The number of ether oxygens (including phenoxy) is 2. The monoisotopic (exact) mass is 304 g/mol. The number of amides is 2. The Balaban J connectivity index is 1.55. The smallest absolute Gasteiger partial charge is 0.321 e. The van der Waals surface area contributed by atoms with E-state index in [1.165, 1.54) is 6.92 Å². The summed E-state index contributed by atoms with van der Waals surface area (Å²) in [6, 6.07) is 6.77. The predicted octanol–water partition coefficient (Wildman–Crippen LogP) is 2.26. The minimum atomic E-state index is -0.472. The van der Waals surface area contributed by atoms with E-state index in [0.717, 1.165) is 0 Å². The summed E-state index contributed by atoms with van der Waals surface area (Å²) in [4.78, 5) is 25.2. The van der Waals surface area contributed by atoms with Gasteiger partial charge in [-0.2, -0.15) is 0 Å². The molecule has 2 saturated heterocycles. The average Bonchev–Trinajstić information content (AvgIpc) is 2.96. The number of ketones is 1. The van der Waals surface area contributed by atoms with Gasteiger partial charge in [0.05, 0.1) is 13.2 Å². The molecule has 22 heavy (non-hydrogen) atoms. The summed E-state index contributed by atoms with van der Waals surface area (Å²) < 4.78 is 11.3. The van der Waals surface area contributed by atoms with E-state index in [9.17, 15) is 9.59 Å². The maximum absolute atomic E-state index is 12.3. The fraction of sp³-hybridized carbons (Fsp3) is 0.500. The van der Waals surface area contributed by atoms with Gasteiger partial charge in [-0.1, -0.05) is 0 Å². The summed E-state index contributed by atoms with van der Waals surface area (Å²) in [5.41, 5.74) is 1.32. The molecule has 1 aromatic rings. The Kier molecular flexibility index (Phi) is 4.13. The number of nitrogens with one attached hydrogen (secondary N) is 1. The molecule has 0 aromatic heterocycles. The van der Waals surface area contributed by atoms with Gasteiger partial charge in [-0.15, -0.1) is 0 Å². The Morgan fingerprint density at radius 2 is 1.68 bits per heavy atom. The van der Waals surface area contributed by atoms with E-state index in [0.29, 0.717) is 50.4 Å². The van der Waals surface area contributed by atoms with E-state index in [2.05, 4.69) is 5.32 Å². The maximum Gasteiger partial charge on any atom is 0.321 e. The molecule has 1 spiro atoms. The van der Waals surface area contributed by atoms with Gasteiger partial charge in [-0.3, -0.25) is 4.79 Å². The third-order valence-corrected chi connectivity index (χ3v) is 4.17. The second kappa shape index (κ2) is 6.06. The van der Waals surface area contributed by atoms with Crippen LogP contribution in [0.5, 0.6) is 0 Å². The van der Waals surface area contributed by atoms with Crippen molar-refractivity contribution in [1.29, 1.82) is 0 Å². The van der Waals surface area contributed by atoms with Crippen molar-refractivity contribution < 1.29 is 19.1 Å². The Labute approximate surface area is 129 Å². The molecule has 0 bridgehead atoms. The molecule has 2 heterocycles. The summed E-state index contributed by atoms with van der Waals surface area (Å²) in [6.45, 7) is 4.00. The first-order chi connectivity index (χ1) is 10.6. The maximum atomic E-state index is 12.3. The standard InChI is InChI=1S/C16H20N2O4/c1-12(19)13-2-4-14(5-3-13)17-15(20)18-8-6-16(7-9-18)21-10-11-22-16/h2-5H,6-11H2,1H3,(H,17,20). The fourth-order valence-corrected chi connectivity index (χ4v) is 2.83. The number of piperidine rings is 1. The van der Waals surface area contributed by atoms with Crippen molar-refractivity contribution in [1.82, 2.24) is 4.90 Å². The van der Waals surface area contributed by atoms with Crippen LogP contribution in [0.3, 0.4) is 0 Å². The number of hydrogen-bond acceptors (Lipinski definition) is 4. The quantitative estimate of drug-likeness (QED) is 0.851. The van der Waals surface area contributed by atoms with Crippen molar-refractivity contribution in [3.63, 3.8) is 0 Å². The van der Waals surface area contributed by atoms with Gasteiger partial charge >= 0.3 is 6.03 Å². The van der Waals surface area contributed by atoms with Gasteiger partial charge in [-0.05, 0) is 31.2 Å². The van der Waals surface area contributed by atoms with Crippen LogP contribution in [0.1, 0.15) is 30.1 Å². The van der Waals surface area contributed by atoms with Crippen LogP contribution in [-0.2, 0) is 9.47 Å². The summed E-state index contributed by atoms with van der Waals surface area (Å²) in [6.07, 6.45) is 1.40. The Bertz CT molecular complexity index is 554. The van der Waals surface area contributed by atoms with Crippen molar-refractivity contribution in [2.75, 3.05) is 31.6 Å². The van der Waals surface area contributed by atoms with Crippen molar-refractivity contribution in [2.24, 2.45) is 0 Å². The Morgan fingerprint density at radius 1 is 1.09 bits per heavy atom. The van der Waals surface area contributed by atoms with Crippen LogP contribution in [0, 0.1) is 0 Å². The molecule has 0 atom stereocenters. The molecule has 6 nitrogen and oxygen atoms in total. The van der Waals surface area contributed by atoms with Crippen LogP contribution >= 0.6 is 0 Å². The third-order valence-electron chi connectivity index (χ3n) is 4.17. The van der Waals surface area contributed by atoms with Gasteiger partial charge in [-0.25, -0.2) is 4.79 Å². The number of nitrogens with zero attached hydrogens (tertiary/aromatic N) is 1. The highest BCUT2D eigenvalue weighted by molar-refractivity contribution is 5.95. The van der Waals surface area contributed by atoms with Gasteiger partial charge in [0.15, 0.2) is 11.6 Å². The SMILES string of the molecule is CC(=O)c1ccc(NC(=O)N2CCC3(CC2)OCCO3)cc1. The molecule has 3 rings (SSSR count). The summed E-state index contributed by atoms with van der Waals surface area (Å²) in [7, 11) is 0. The van der Waals surface area contributed by atoms with Gasteiger partial charge < -0.3 is 19.7 Å². The van der Waals surface area contributed by atoms with E-state index < -0.39 is 5.79 Å². The molecule has 0 aliphatic carbocycles. The highest BCUT2D eigenvalue weighted by Gasteiger charge is 2.40. The van der Waals surface area contributed by atoms with Crippen LogP contribution in [-0.4, -0.2) is 48.8 Å². The number of likely N-dealkylation sites (tertiary alicyclic amines) is 1. The molecule has 0 unspecified atom stereocenters. The van der Waals surface area contributed by atoms with E-state index in [1.807, 2.05) is 0 Å². The lowest BCUT2D eigenvalue weighted by Crippen LogP contribution is -2.48. The van der Waals surface area contributed by atoms with Crippen LogP contribution < -0.4 is 5.32 Å². The second-order valence-electron chi connectivity index (χ2n) is 5.66. The molecule has 2 aliphatic heterocycles. The van der Waals surface area contributed by atoms with E-state index in [4.69, 9.17) is 9.47 Å². The number of hydrogen-bond donors (Lipinski definition) is 1. The molecule has 0 radical (unpaired) electrons. The molecule has 2 amide bonds. The average molecular weight is 304 g/mol. The van der Waals surface area contributed by atoms with Gasteiger partial charge in [0.1, 0.15) is 0 Å². The first-order valence-corrected chi connectivity index (χ1v) is 7.53. The van der Waals surface area contributed by atoms with Gasteiger partial charge in [0.25, 0.3) is 0 Å². The van der Waals surface area contributed by atoms with Gasteiger partial charge in [0, 0.05) is 37.2 Å². The Morgan fingerprint density at radius 3 is 2.23 bits per heavy atom. The number of rotatable bonds is 2. The second-order valence-corrected chi connectivity index (χ2v) is 5.66. The zero-order valence-corrected chi connectivity index (χ0v) is 12.6. The molecular formula is C16H20N2O4. The van der Waals surface area contributed by atoms with E-state index in [1.54, 1.807) is 29.2 Å². The van der Waals surface area contributed by atoms with Crippen molar-refractivity contribution in [3.05, 3.63) is 29.8 Å². The molecule has 118 valence electrons. The first kappa shape index (κ1) is 15.0. The summed E-state index contributed by atoms with van der Waals surface area (Å²) >= 11 is 0. The number of urea groups is 1. The zero-order valence-electron chi connectivity index (χ0n) is 12.6. The zero-order chi connectivity index (χ0) is 15.6. The highest BCUT2D eigenvalue weighted by atomic mass is 16.7. The fourth-order valence-electron chi connectivity index (χ4n) is 2.83. The van der Waals surface area contributed by atoms with Gasteiger partial charge in [0.2, 0.25) is 0 Å². The number of carbonyl (C=O) groups is 2. The molecule has 6 heteroatoms.